The number of amidine groups is 1. The minimum absolute atomic E-state index is 0.0311. The molecule has 3 rings (SSSR count). The number of carbonyl (C=O) groups excluding carboxylic acids is 2. The normalized spacial score (nSPS) is 27.1. The predicted molar refractivity (Wildman–Crippen MR) is 79.6 cm³/mol. The molecule has 2 fully saturated rings. The second-order valence-electron chi connectivity index (χ2n) is 5.27. The molecule has 0 aromatic heterocycles. The molecule has 2 aliphatic rings. The number of hydrogen-bond acceptors (Lipinski definition) is 3. The standard InChI is InChI=1S/C15H15FN2O2S/c16-10-7-5-9(6-8-10)13(19)17-15-18-14(20)11-3-1-2-4-12(11)21-15/h5-8,11-12H,1-4H2,(H,17,18,19,20). The second kappa shape index (κ2) is 5.97. The molecule has 110 valence electrons. The molecule has 1 saturated carbocycles. The van der Waals surface area contributed by atoms with Gasteiger partial charge in [0.2, 0.25) is 5.91 Å². The Balaban J connectivity index is 1.75. The summed E-state index contributed by atoms with van der Waals surface area (Å²) in [6.45, 7) is 0. The van der Waals surface area contributed by atoms with Gasteiger partial charge in [0, 0.05) is 10.8 Å². The third-order valence-corrected chi connectivity index (χ3v) is 5.11. The highest BCUT2D eigenvalue weighted by Crippen LogP contribution is 2.36. The Morgan fingerprint density at radius 1 is 1.24 bits per heavy atom. The van der Waals surface area contributed by atoms with E-state index in [1.165, 1.54) is 36.0 Å². The molecule has 0 radical (unpaired) electrons. The van der Waals surface area contributed by atoms with Gasteiger partial charge in [-0.15, -0.1) is 0 Å². The van der Waals surface area contributed by atoms with Crippen molar-refractivity contribution in [2.75, 3.05) is 0 Å². The third kappa shape index (κ3) is 3.15. The summed E-state index contributed by atoms with van der Waals surface area (Å²) in [6.07, 6.45) is 4.08. The van der Waals surface area contributed by atoms with Gasteiger partial charge in [-0.1, -0.05) is 24.6 Å². The SMILES string of the molecule is O=C(N=C1NC(=O)C2CCCCC2S1)c1ccc(F)cc1. The monoisotopic (exact) mass is 306 g/mol. The van der Waals surface area contributed by atoms with Crippen LogP contribution in [0.3, 0.4) is 0 Å². The largest absolute Gasteiger partial charge is 0.305 e. The van der Waals surface area contributed by atoms with Gasteiger partial charge in [-0.2, -0.15) is 4.99 Å². The summed E-state index contributed by atoms with van der Waals surface area (Å²) in [5.74, 6) is -0.871. The van der Waals surface area contributed by atoms with E-state index in [1.807, 2.05) is 0 Å². The van der Waals surface area contributed by atoms with Crippen LogP contribution >= 0.6 is 11.8 Å². The highest BCUT2D eigenvalue weighted by atomic mass is 32.2. The Bertz CT molecular complexity index is 600. The minimum atomic E-state index is -0.466. The third-order valence-electron chi connectivity index (χ3n) is 3.83. The van der Waals surface area contributed by atoms with Crippen molar-refractivity contribution in [3.63, 3.8) is 0 Å². The van der Waals surface area contributed by atoms with E-state index in [9.17, 15) is 14.0 Å². The molecule has 0 spiro atoms. The zero-order chi connectivity index (χ0) is 14.8. The van der Waals surface area contributed by atoms with Crippen LogP contribution in [0.4, 0.5) is 4.39 Å². The lowest BCUT2D eigenvalue weighted by Gasteiger charge is -2.34. The first-order valence-electron chi connectivity index (χ1n) is 6.99. The smallest absolute Gasteiger partial charge is 0.279 e. The van der Waals surface area contributed by atoms with E-state index in [2.05, 4.69) is 10.3 Å². The first-order chi connectivity index (χ1) is 10.1. The van der Waals surface area contributed by atoms with Crippen molar-refractivity contribution in [2.24, 2.45) is 10.9 Å². The Morgan fingerprint density at radius 3 is 2.71 bits per heavy atom. The molecule has 4 nitrogen and oxygen atoms in total. The maximum absolute atomic E-state index is 12.8. The summed E-state index contributed by atoms with van der Waals surface area (Å²) in [5.41, 5.74) is 0.310. The first kappa shape index (κ1) is 14.3. The maximum atomic E-state index is 12.8. The van der Waals surface area contributed by atoms with Crippen LogP contribution in [0.15, 0.2) is 29.3 Å². The van der Waals surface area contributed by atoms with Crippen molar-refractivity contribution in [3.05, 3.63) is 35.6 Å². The topological polar surface area (TPSA) is 58.5 Å². The molecule has 6 heteroatoms. The predicted octanol–water partition coefficient (Wildman–Crippen LogP) is 2.74. The number of fused-ring (bicyclic) bond motifs is 1. The van der Waals surface area contributed by atoms with Crippen molar-refractivity contribution in [1.29, 1.82) is 0 Å². The lowest BCUT2D eigenvalue weighted by atomic mass is 9.88. The van der Waals surface area contributed by atoms with Gasteiger partial charge in [-0.3, -0.25) is 9.59 Å². The van der Waals surface area contributed by atoms with Crippen LogP contribution in [0.25, 0.3) is 0 Å². The molecule has 2 atom stereocenters. The van der Waals surface area contributed by atoms with E-state index < -0.39 is 11.7 Å². The Labute approximate surface area is 126 Å². The van der Waals surface area contributed by atoms with Crippen molar-refractivity contribution in [3.8, 4) is 0 Å². The minimum Gasteiger partial charge on any atom is -0.305 e. The van der Waals surface area contributed by atoms with Gasteiger partial charge in [0.1, 0.15) is 5.82 Å². The second-order valence-corrected chi connectivity index (χ2v) is 6.49. The Hall–Kier alpha value is -1.69. The fraction of sp³-hybridized carbons (Fsp3) is 0.400. The lowest BCUT2D eigenvalue weighted by molar-refractivity contribution is -0.124. The summed E-state index contributed by atoms with van der Waals surface area (Å²) in [5, 5.41) is 3.28. The van der Waals surface area contributed by atoms with Crippen molar-refractivity contribution in [2.45, 2.75) is 30.9 Å². The molecule has 1 aromatic rings. The number of benzene rings is 1. The summed E-state index contributed by atoms with van der Waals surface area (Å²) in [7, 11) is 0. The van der Waals surface area contributed by atoms with Crippen LogP contribution in [0.2, 0.25) is 0 Å². The average molecular weight is 306 g/mol. The zero-order valence-corrected chi connectivity index (χ0v) is 12.2. The molecular formula is C15H15FN2O2S. The lowest BCUT2D eigenvalue weighted by Crippen LogP contribution is -2.46. The van der Waals surface area contributed by atoms with Gasteiger partial charge in [0.05, 0.1) is 5.92 Å². The molecule has 1 heterocycles. The number of amides is 2. The van der Waals surface area contributed by atoms with Crippen LogP contribution in [-0.4, -0.2) is 22.2 Å². The van der Waals surface area contributed by atoms with Crippen LogP contribution in [0.5, 0.6) is 0 Å². The molecule has 2 amide bonds. The highest BCUT2D eigenvalue weighted by Gasteiger charge is 2.37. The molecule has 21 heavy (non-hydrogen) atoms. The molecule has 1 aliphatic heterocycles. The summed E-state index contributed by atoms with van der Waals surface area (Å²) < 4.78 is 12.8. The van der Waals surface area contributed by atoms with E-state index in [0.29, 0.717) is 10.7 Å². The van der Waals surface area contributed by atoms with Gasteiger partial charge in [-0.25, -0.2) is 4.39 Å². The van der Waals surface area contributed by atoms with Gasteiger partial charge >= 0.3 is 0 Å². The summed E-state index contributed by atoms with van der Waals surface area (Å²) in [6, 6.07) is 5.22. The number of aliphatic imine (C=N–C) groups is 1. The Kier molecular flexibility index (Phi) is 4.05. The number of nitrogens with zero attached hydrogens (tertiary/aromatic N) is 1. The van der Waals surface area contributed by atoms with E-state index in [4.69, 9.17) is 0 Å². The molecule has 1 N–H and O–H groups in total. The number of hydrogen-bond donors (Lipinski definition) is 1. The van der Waals surface area contributed by atoms with E-state index in [-0.39, 0.29) is 17.1 Å². The fourth-order valence-electron chi connectivity index (χ4n) is 2.71. The molecule has 1 saturated heterocycles. The quantitative estimate of drug-likeness (QED) is 0.868. The molecule has 0 bridgehead atoms. The number of rotatable bonds is 1. The first-order valence-corrected chi connectivity index (χ1v) is 7.87. The Morgan fingerprint density at radius 2 is 1.95 bits per heavy atom. The van der Waals surface area contributed by atoms with Crippen molar-refractivity contribution < 1.29 is 14.0 Å². The summed E-state index contributed by atoms with van der Waals surface area (Å²) in [4.78, 5) is 28.0. The number of thioether (sulfide) groups is 1. The van der Waals surface area contributed by atoms with Gasteiger partial charge in [0.25, 0.3) is 5.91 Å². The van der Waals surface area contributed by atoms with Gasteiger partial charge in [-0.05, 0) is 37.1 Å². The van der Waals surface area contributed by atoms with Crippen LogP contribution < -0.4 is 5.32 Å². The number of nitrogens with one attached hydrogen (secondary N) is 1. The summed E-state index contributed by atoms with van der Waals surface area (Å²) >= 11 is 1.47. The number of halogens is 1. The molecule has 1 aliphatic carbocycles. The van der Waals surface area contributed by atoms with Gasteiger partial charge < -0.3 is 5.32 Å². The highest BCUT2D eigenvalue weighted by molar-refractivity contribution is 8.14. The zero-order valence-electron chi connectivity index (χ0n) is 11.3. The molecule has 2 unspecified atom stereocenters. The average Bonchev–Trinajstić information content (AvgIpc) is 2.48. The van der Waals surface area contributed by atoms with Crippen molar-refractivity contribution >= 4 is 28.7 Å². The number of carbonyl (C=O) groups is 2. The van der Waals surface area contributed by atoms with E-state index in [1.54, 1.807) is 0 Å². The maximum Gasteiger partial charge on any atom is 0.279 e. The van der Waals surface area contributed by atoms with Crippen molar-refractivity contribution in [1.82, 2.24) is 5.32 Å². The van der Waals surface area contributed by atoms with Crippen LogP contribution in [0.1, 0.15) is 36.0 Å². The van der Waals surface area contributed by atoms with Crippen LogP contribution in [0, 0.1) is 11.7 Å². The van der Waals surface area contributed by atoms with Gasteiger partial charge in [0.15, 0.2) is 5.17 Å². The van der Waals surface area contributed by atoms with Crippen LogP contribution in [-0.2, 0) is 4.79 Å². The van der Waals surface area contributed by atoms with E-state index in [0.717, 1.165) is 25.7 Å². The molecular weight excluding hydrogens is 291 g/mol. The fourth-order valence-corrected chi connectivity index (χ4v) is 4.00. The molecule has 1 aromatic carbocycles. The van der Waals surface area contributed by atoms with E-state index >= 15 is 0 Å².